The van der Waals surface area contributed by atoms with Crippen molar-refractivity contribution in [2.45, 2.75) is 87.8 Å². The van der Waals surface area contributed by atoms with Crippen LogP contribution in [-0.4, -0.2) is 87.4 Å². The summed E-state index contributed by atoms with van der Waals surface area (Å²) in [6.07, 6.45) is -4.72. The molecular weight excluding hydrogens is 584 g/mol. The van der Waals surface area contributed by atoms with Crippen LogP contribution in [0, 0.1) is 11.8 Å². The molecule has 3 aliphatic carbocycles. The van der Waals surface area contributed by atoms with Gasteiger partial charge in [-0.1, -0.05) is 13.0 Å². The lowest BCUT2D eigenvalue weighted by atomic mass is 9.45. The van der Waals surface area contributed by atoms with Crippen LogP contribution in [0.3, 0.4) is 0 Å². The highest BCUT2D eigenvalue weighted by molar-refractivity contribution is 5.86. The SMILES string of the molecule is COc1ccc2c3c1O[C@H]1C(OC(=O)[C@@H](O)CC(=O)O[C@@H](C)C(=O)O[C@@H](CC(=O)O)C(=O)O)=CC[C@@]4(O)[C@@H](C2)C(C)CCC314. The number of carboxylic acids is 2. The monoisotopic (exact) mass is 618 g/mol. The fraction of sp³-hybridized carbons (Fsp3) is 0.567. The van der Waals surface area contributed by atoms with Gasteiger partial charge >= 0.3 is 29.8 Å². The molecule has 5 rings (SSSR count). The highest BCUT2D eigenvalue weighted by atomic mass is 16.6. The van der Waals surface area contributed by atoms with E-state index in [1.54, 1.807) is 6.08 Å². The second-order valence-corrected chi connectivity index (χ2v) is 11.8. The molecule has 1 aromatic rings. The number of methoxy groups -OCH3 is 1. The first-order valence-electron chi connectivity index (χ1n) is 14.3. The number of carbonyl (C=O) groups is 5. The highest BCUT2D eigenvalue weighted by Gasteiger charge is 2.72. The predicted octanol–water partition coefficient (Wildman–Crippen LogP) is 1.01. The summed E-state index contributed by atoms with van der Waals surface area (Å²) in [5.41, 5.74) is -0.217. The van der Waals surface area contributed by atoms with Gasteiger partial charge in [0.15, 0.2) is 29.8 Å². The zero-order chi connectivity index (χ0) is 32.1. The van der Waals surface area contributed by atoms with Crippen LogP contribution < -0.4 is 9.47 Å². The third-order valence-corrected chi connectivity index (χ3v) is 9.32. The van der Waals surface area contributed by atoms with Gasteiger partial charge in [0.1, 0.15) is 5.76 Å². The van der Waals surface area contributed by atoms with E-state index in [1.807, 2.05) is 12.1 Å². The molecule has 238 valence electrons. The number of rotatable bonds is 11. The molecule has 14 heteroatoms. The minimum atomic E-state index is -2.01. The standard InChI is InChI=1S/C30H34O14/c1-13-6-8-29-23-15-4-5-18(40-3)24(23)44-25(29)19(7-9-30(29,39)16(13)10-15)42-28(38)17(31)11-22(34)41-14(2)27(37)43-20(26(35)36)12-21(32)33/h4-5,7,13-14,16-17,20,25,31,39H,6,8-12H2,1-3H3,(H,32,33)(H,35,36)/t13?,14-,16-,17-,20-,25-,29?,30+/m0/s1. The number of aliphatic hydroxyl groups excluding tert-OH is 1. The molecule has 0 aromatic heterocycles. The van der Waals surface area contributed by atoms with Crippen LogP contribution in [0.25, 0.3) is 0 Å². The molecule has 0 amide bonds. The van der Waals surface area contributed by atoms with E-state index in [4.69, 9.17) is 29.2 Å². The molecule has 1 aromatic carbocycles. The maximum Gasteiger partial charge on any atom is 0.348 e. The molecule has 1 fully saturated rings. The summed E-state index contributed by atoms with van der Waals surface area (Å²) in [4.78, 5) is 59.4. The number of esters is 3. The fourth-order valence-electron chi connectivity index (χ4n) is 7.26. The zero-order valence-corrected chi connectivity index (χ0v) is 24.3. The van der Waals surface area contributed by atoms with Crippen LogP contribution in [-0.2, 0) is 50.0 Å². The van der Waals surface area contributed by atoms with Gasteiger partial charge in [0.05, 0.1) is 31.0 Å². The van der Waals surface area contributed by atoms with Crippen LogP contribution >= 0.6 is 0 Å². The molecule has 4 N–H and O–H groups in total. The van der Waals surface area contributed by atoms with Gasteiger partial charge in [0.25, 0.3) is 0 Å². The average Bonchev–Trinajstić information content (AvgIpc) is 3.31. The van der Waals surface area contributed by atoms with Gasteiger partial charge in [0, 0.05) is 5.56 Å². The predicted molar refractivity (Wildman–Crippen MR) is 144 cm³/mol. The van der Waals surface area contributed by atoms with Crippen molar-refractivity contribution in [2.24, 2.45) is 11.8 Å². The van der Waals surface area contributed by atoms with E-state index in [0.717, 1.165) is 24.5 Å². The van der Waals surface area contributed by atoms with Crippen molar-refractivity contribution in [3.63, 3.8) is 0 Å². The third-order valence-electron chi connectivity index (χ3n) is 9.32. The zero-order valence-electron chi connectivity index (χ0n) is 24.3. The van der Waals surface area contributed by atoms with E-state index in [-0.39, 0.29) is 24.0 Å². The first-order chi connectivity index (χ1) is 20.7. The summed E-state index contributed by atoms with van der Waals surface area (Å²) in [7, 11) is 1.51. The van der Waals surface area contributed by atoms with Crippen LogP contribution in [0.2, 0.25) is 0 Å². The van der Waals surface area contributed by atoms with Gasteiger partial charge in [0.2, 0.25) is 6.10 Å². The van der Waals surface area contributed by atoms with Crippen molar-refractivity contribution in [1.82, 2.24) is 0 Å². The minimum absolute atomic E-state index is 0.0633. The molecule has 0 saturated heterocycles. The Bertz CT molecular complexity index is 1430. The van der Waals surface area contributed by atoms with Crippen molar-refractivity contribution < 1.29 is 68.1 Å². The molecule has 2 unspecified atom stereocenters. The molecule has 2 bridgehead atoms. The van der Waals surface area contributed by atoms with E-state index in [0.29, 0.717) is 24.3 Å². The Hall–Kier alpha value is -4.17. The smallest absolute Gasteiger partial charge is 0.348 e. The molecule has 8 atom stereocenters. The minimum Gasteiger partial charge on any atom is -0.493 e. The normalized spacial score (nSPS) is 29.5. The Balaban J connectivity index is 1.28. The molecule has 4 aliphatic rings. The molecule has 14 nitrogen and oxygen atoms in total. The lowest BCUT2D eigenvalue weighted by Crippen LogP contribution is -2.69. The Morgan fingerprint density at radius 1 is 1.09 bits per heavy atom. The van der Waals surface area contributed by atoms with Crippen LogP contribution in [0.15, 0.2) is 24.0 Å². The summed E-state index contributed by atoms with van der Waals surface area (Å²) in [5, 5.41) is 40.5. The van der Waals surface area contributed by atoms with E-state index < -0.39 is 78.1 Å². The maximum absolute atomic E-state index is 13.0. The number of aliphatic carboxylic acids is 2. The summed E-state index contributed by atoms with van der Waals surface area (Å²) >= 11 is 0. The van der Waals surface area contributed by atoms with Gasteiger partial charge in [-0.05, 0) is 62.1 Å². The lowest BCUT2D eigenvalue weighted by Gasteiger charge is -2.61. The first-order valence-corrected chi connectivity index (χ1v) is 14.3. The van der Waals surface area contributed by atoms with Crippen LogP contribution in [0.1, 0.15) is 57.1 Å². The summed E-state index contributed by atoms with van der Waals surface area (Å²) in [6.45, 7) is 3.17. The lowest BCUT2D eigenvalue weighted by molar-refractivity contribution is -0.179. The third kappa shape index (κ3) is 4.95. The largest absolute Gasteiger partial charge is 0.493 e. The van der Waals surface area contributed by atoms with Crippen LogP contribution in [0.4, 0.5) is 0 Å². The average molecular weight is 619 g/mol. The van der Waals surface area contributed by atoms with Gasteiger partial charge in [-0.15, -0.1) is 0 Å². The fourth-order valence-corrected chi connectivity index (χ4v) is 7.26. The topological polar surface area (TPSA) is 212 Å². The Morgan fingerprint density at radius 3 is 2.48 bits per heavy atom. The van der Waals surface area contributed by atoms with E-state index >= 15 is 0 Å². The molecular formula is C30H34O14. The van der Waals surface area contributed by atoms with E-state index in [1.165, 1.54) is 7.11 Å². The molecule has 1 aliphatic heterocycles. The molecule has 44 heavy (non-hydrogen) atoms. The molecule has 0 radical (unpaired) electrons. The van der Waals surface area contributed by atoms with Gasteiger partial charge in [-0.2, -0.15) is 0 Å². The number of aliphatic hydroxyl groups is 2. The van der Waals surface area contributed by atoms with Gasteiger partial charge in [-0.25, -0.2) is 14.4 Å². The second-order valence-electron chi connectivity index (χ2n) is 11.8. The van der Waals surface area contributed by atoms with E-state index in [9.17, 15) is 34.2 Å². The number of hydrogen-bond donors (Lipinski definition) is 4. The number of hydrogen-bond acceptors (Lipinski definition) is 12. The van der Waals surface area contributed by atoms with Crippen molar-refractivity contribution in [1.29, 1.82) is 0 Å². The number of benzene rings is 1. The van der Waals surface area contributed by atoms with Gasteiger partial charge < -0.3 is 44.1 Å². The quantitative estimate of drug-likeness (QED) is 0.201. The Kier molecular flexibility index (Phi) is 8.10. The maximum atomic E-state index is 13.0. The Morgan fingerprint density at radius 2 is 1.82 bits per heavy atom. The first kappa shape index (κ1) is 31.3. The second kappa shape index (κ2) is 11.4. The molecule has 1 heterocycles. The molecule has 1 saturated carbocycles. The summed E-state index contributed by atoms with van der Waals surface area (Å²) < 4.78 is 27.0. The summed E-state index contributed by atoms with van der Waals surface area (Å²) in [5.74, 6) is -5.75. The van der Waals surface area contributed by atoms with Crippen molar-refractivity contribution in [2.75, 3.05) is 7.11 Å². The van der Waals surface area contributed by atoms with E-state index in [2.05, 4.69) is 11.7 Å². The highest BCUT2D eigenvalue weighted by Crippen LogP contribution is 2.68. The van der Waals surface area contributed by atoms with Crippen molar-refractivity contribution >= 4 is 29.8 Å². The number of carboxylic acid groups (broad SMARTS) is 2. The molecule has 1 spiro atoms. The number of carbonyl (C=O) groups excluding carboxylic acids is 3. The number of ether oxygens (including phenoxy) is 5. The summed E-state index contributed by atoms with van der Waals surface area (Å²) in [6, 6.07) is 3.78. The Labute approximate surface area is 251 Å². The van der Waals surface area contributed by atoms with Gasteiger partial charge in [-0.3, -0.25) is 9.59 Å². The van der Waals surface area contributed by atoms with Crippen molar-refractivity contribution in [3.05, 3.63) is 35.1 Å². The van der Waals surface area contributed by atoms with Crippen LogP contribution in [0.5, 0.6) is 11.5 Å². The van der Waals surface area contributed by atoms with Crippen molar-refractivity contribution in [3.8, 4) is 11.5 Å².